The van der Waals surface area contributed by atoms with Crippen LogP contribution in [-0.2, 0) is 11.3 Å². The molecule has 5 rings (SSSR count). The van der Waals surface area contributed by atoms with Crippen LogP contribution in [-0.4, -0.2) is 32.8 Å². The summed E-state index contributed by atoms with van der Waals surface area (Å²) < 4.78 is 1.99. The number of nitrogens with one attached hydrogen (secondary N) is 1. The molecule has 6 heteroatoms. The fourth-order valence-electron chi connectivity index (χ4n) is 3.78. The molecule has 26 heavy (non-hydrogen) atoms. The first-order chi connectivity index (χ1) is 12.6. The molecule has 1 aliphatic rings. The standard InChI is InChI=1S/C20H16N4O2/c1-12-17(13-6-2-3-7-14(13)21-12)18(25)19(26)24-11-10-23-16-9-5-4-8-15(16)22-20(23)24/h2-9,21H,10-11H2,1H3. The van der Waals surface area contributed by atoms with Gasteiger partial charge in [-0.3, -0.25) is 14.5 Å². The third-order valence-electron chi connectivity index (χ3n) is 4.98. The topological polar surface area (TPSA) is 71.0 Å². The zero-order valence-corrected chi connectivity index (χ0v) is 14.2. The molecule has 0 fully saturated rings. The number of hydrogen-bond donors (Lipinski definition) is 1. The Balaban J connectivity index is 1.57. The van der Waals surface area contributed by atoms with Crippen LogP contribution >= 0.6 is 0 Å². The molecule has 0 bridgehead atoms. The lowest BCUT2D eigenvalue weighted by Crippen LogP contribution is -2.35. The van der Waals surface area contributed by atoms with E-state index in [0.717, 1.165) is 21.9 Å². The van der Waals surface area contributed by atoms with Crippen molar-refractivity contribution in [2.75, 3.05) is 11.4 Å². The number of carbonyl (C=O) groups excluding carboxylic acids is 2. The molecule has 2 aromatic carbocycles. The van der Waals surface area contributed by atoms with Crippen molar-refractivity contribution in [3.05, 3.63) is 59.8 Å². The maximum Gasteiger partial charge on any atom is 0.301 e. The van der Waals surface area contributed by atoms with E-state index in [1.165, 1.54) is 4.90 Å². The Morgan fingerprint density at radius 2 is 1.81 bits per heavy atom. The third-order valence-corrected chi connectivity index (χ3v) is 4.98. The number of carbonyl (C=O) groups is 2. The minimum atomic E-state index is -0.535. The van der Waals surface area contributed by atoms with E-state index in [4.69, 9.17) is 0 Å². The molecule has 2 aromatic heterocycles. The van der Waals surface area contributed by atoms with Gasteiger partial charge in [0.25, 0.3) is 5.78 Å². The Labute approximate surface area is 149 Å². The van der Waals surface area contributed by atoms with Gasteiger partial charge in [0.05, 0.1) is 16.6 Å². The number of anilines is 1. The van der Waals surface area contributed by atoms with Gasteiger partial charge in [0.2, 0.25) is 5.95 Å². The van der Waals surface area contributed by atoms with E-state index in [-0.39, 0.29) is 0 Å². The number of rotatable bonds is 2. The lowest BCUT2D eigenvalue weighted by atomic mass is 10.1. The van der Waals surface area contributed by atoms with Crippen molar-refractivity contribution >= 4 is 39.6 Å². The van der Waals surface area contributed by atoms with Crippen molar-refractivity contribution in [2.24, 2.45) is 0 Å². The van der Waals surface area contributed by atoms with Gasteiger partial charge < -0.3 is 9.55 Å². The number of hydrogen-bond acceptors (Lipinski definition) is 3. The molecule has 0 aliphatic carbocycles. The van der Waals surface area contributed by atoms with Crippen LogP contribution in [0.1, 0.15) is 16.1 Å². The maximum absolute atomic E-state index is 13.0. The number of nitrogens with zero attached hydrogens (tertiary/aromatic N) is 3. The van der Waals surface area contributed by atoms with Crippen molar-refractivity contribution in [2.45, 2.75) is 13.5 Å². The molecule has 4 aromatic rings. The van der Waals surface area contributed by atoms with E-state index in [1.54, 1.807) is 0 Å². The Morgan fingerprint density at radius 1 is 1.04 bits per heavy atom. The molecule has 1 amide bonds. The van der Waals surface area contributed by atoms with Crippen molar-refractivity contribution in [3.63, 3.8) is 0 Å². The summed E-state index contributed by atoms with van der Waals surface area (Å²) in [6.07, 6.45) is 0. The SMILES string of the molecule is Cc1[nH]c2ccccc2c1C(=O)C(=O)N1CCn2c1nc1ccccc12. The van der Waals surface area contributed by atoms with Gasteiger partial charge in [-0.05, 0) is 25.1 Å². The van der Waals surface area contributed by atoms with Crippen LogP contribution in [0, 0.1) is 6.92 Å². The average Bonchev–Trinajstić information content (AvgIpc) is 3.30. The van der Waals surface area contributed by atoms with Gasteiger partial charge in [-0.15, -0.1) is 0 Å². The molecular formula is C20H16N4O2. The highest BCUT2D eigenvalue weighted by Crippen LogP contribution is 2.29. The highest BCUT2D eigenvalue weighted by molar-refractivity contribution is 6.49. The maximum atomic E-state index is 13.0. The number of para-hydroxylation sites is 3. The van der Waals surface area contributed by atoms with E-state index in [2.05, 4.69) is 9.97 Å². The van der Waals surface area contributed by atoms with Gasteiger partial charge in [0.1, 0.15) is 0 Å². The number of ketones is 1. The second-order valence-electron chi connectivity index (χ2n) is 6.51. The van der Waals surface area contributed by atoms with Crippen LogP contribution in [0.3, 0.4) is 0 Å². The van der Waals surface area contributed by atoms with Crippen LogP contribution in [0.25, 0.3) is 21.9 Å². The lowest BCUT2D eigenvalue weighted by molar-refractivity contribution is -0.114. The molecule has 0 saturated carbocycles. The van der Waals surface area contributed by atoms with E-state index >= 15 is 0 Å². The number of Topliss-reactive ketones (excluding diaryl/α,β-unsaturated/α-hetero) is 1. The predicted octanol–water partition coefficient (Wildman–Crippen LogP) is 3.06. The first-order valence-electron chi connectivity index (χ1n) is 8.54. The van der Waals surface area contributed by atoms with Crippen molar-refractivity contribution in [1.29, 1.82) is 0 Å². The molecule has 0 saturated heterocycles. The second kappa shape index (κ2) is 5.29. The molecule has 0 spiro atoms. The highest BCUT2D eigenvalue weighted by Gasteiger charge is 2.34. The minimum Gasteiger partial charge on any atom is -0.358 e. The molecule has 3 heterocycles. The normalized spacial score (nSPS) is 13.5. The molecular weight excluding hydrogens is 328 g/mol. The molecule has 0 atom stereocenters. The Morgan fingerprint density at radius 3 is 2.69 bits per heavy atom. The van der Waals surface area contributed by atoms with Crippen molar-refractivity contribution in [3.8, 4) is 0 Å². The quantitative estimate of drug-likeness (QED) is 0.449. The van der Waals surface area contributed by atoms with Gasteiger partial charge in [-0.2, -0.15) is 0 Å². The zero-order chi connectivity index (χ0) is 17.8. The monoisotopic (exact) mass is 344 g/mol. The van der Waals surface area contributed by atoms with Gasteiger partial charge in [-0.1, -0.05) is 30.3 Å². The summed E-state index contributed by atoms with van der Waals surface area (Å²) in [7, 11) is 0. The summed E-state index contributed by atoms with van der Waals surface area (Å²) in [4.78, 5) is 35.2. The fraction of sp³-hybridized carbons (Fsp3) is 0.150. The summed E-state index contributed by atoms with van der Waals surface area (Å²) in [5.41, 5.74) is 3.82. The lowest BCUT2D eigenvalue weighted by Gasteiger charge is -2.13. The highest BCUT2D eigenvalue weighted by atomic mass is 16.2. The summed E-state index contributed by atoms with van der Waals surface area (Å²) in [6.45, 7) is 2.92. The molecule has 1 N–H and O–H groups in total. The van der Waals surface area contributed by atoms with Crippen LogP contribution in [0.15, 0.2) is 48.5 Å². The fourth-order valence-corrected chi connectivity index (χ4v) is 3.78. The number of aryl methyl sites for hydroxylation is 1. The number of aromatic amines is 1. The van der Waals surface area contributed by atoms with E-state index in [0.29, 0.717) is 30.3 Å². The van der Waals surface area contributed by atoms with Gasteiger partial charge in [-0.25, -0.2) is 4.98 Å². The molecule has 6 nitrogen and oxygen atoms in total. The molecule has 0 unspecified atom stereocenters. The van der Waals surface area contributed by atoms with E-state index in [1.807, 2.05) is 60.0 Å². The first-order valence-corrected chi connectivity index (χ1v) is 8.54. The van der Waals surface area contributed by atoms with Crippen molar-refractivity contribution in [1.82, 2.24) is 14.5 Å². The number of aromatic nitrogens is 3. The summed E-state index contributed by atoms with van der Waals surface area (Å²) in [5.74, 6) is -0.491. The first kappa shape index (κ1) is 14.9. The number of fused-ring (bicyclic) bond motifs is 4. The van der Waals surface area contributed by atoms with Crippen LogP contribution in [0.4, 0.5) is 5.95 Å². The zero-order valence-electron chi connectivity index (χ0n) is 14.2. The number of H-pyrrole nitrogens is 1. The summed E-state index contributed by atoms with van der Waals surface area (Å²) in [5, 5.41) is 0.774. The Bertz CT molecular complexity index is 1200. The average molecular weight is 344 g/mol. The summed E-state index contributed by atoms with van der Waals surface area (Å²) in [6, 6.07) is 15.3. The van der Waals surface area contributed by atoms with Crippen LogP contribution in [0.5, 0.6) is 0 Å². The summed E-state index contributed by atoms with van der Waals surface area (Å²) >= 11 is 0. The van der Waals surface area contributed by atoms with Gasteiger partial charge in [0, 0.05) is 29.7 Å². The number of benzene rings is 2. The Kier molecular flexibility index (Phi) is 3.03. The molecule has 128 valence electrons. The molecule has 1 aliphatic heterocycles. The minimum absolute atomic E-state index is 0.445. The molecule has 0 radical (unpaired) electrons. The van der Waals surface area contributed by atoms with Gasteiger partial charge >= 0.3 is 5.91 Å². The third kappa shape index (κ3) is 1.95. The van der Waals surface area contributed by atoms with Crippen LogP contribution in [0.2, 0.25) is 0 Å². The van der Waals surface area contributed by atoms with Crippen molar-refractivity contribution < 1.29 is 9.59 Å². The smallest absolute Gasteiger partial charge is 0.301 e. The largest absolute Gasteiger partial charge is 0.358 e. The Hall–Kier alpha value is -3.41. The van der Waals surface area contributed by atoms with E-state index < -0.39 is 11.7 Å². The van der Waals surface area contributed by atoms with Gasteiger partial charge in [0.15, 0.2) is 0 Å². The van der Waals surface area contributed by atoms with E-state index in [9.17, 15) is 9.59 Å². The predicted molar refractivity (Wildman–Crippen MR) is 99.5 cm³/mol. The second-order valence-corrected chi connectivity index (χ2v) is 6.51. The number of imidazole rings is 1. The number of amides is 1. The van der Waals surface area contributed by atoms with Crippen LogP contribution < -0.4 is 4.90 Å².